The molecule has 0 heterocycles. The number of carboxylic acid groups (broad SMARTS) is 2. The van der Waals surface area contributed by atoms with Gasteiger partial charge in [-0.3, -0.25) is 9.59 Å². The molecule has 0 radical (unpaired) electrons. The van der Waals surface area contributed by atoms with Crippen molar-refractivity contribution < 1.29 is 24.0 Å². The van der Waals surface area contributed by atoms with Crippen molar-refractivity contribution in [2.45, 2.75) is 24.9 Å². The number of hydrogen-bond donors (Lipinski definition) is 4. The molecule has 0 spiro atoms. The first-order valence-corrected chi connectivity index (χ1v) is 8.60. The Balaban J connectivity index is -0.000000118. The minimum absolute atomic E-state index is 0. The average molecular weight is 370 g/mol. The third kappa shape index (κ3) is 25.8. The first-order valence-electron chi connectivity index (χ1n) is 5.48. The van der Waals surface area contributed by atoms with E-state index >= 15 is 0 Å². The van der Waals surface area contributed by atoms with Crippen LogP contribution < -0.4 is 11.5 Å². The number of nitrogens with two attached hydrogens (primary N) is 2. The number of thioether (sulfide) groups is 2. The Kier molecular flexibility index (Phi) is 32.2. The van der Waals surface area contributed by atoms with Crippen LogP contribution >= 0.6 is 23.5 Å². The van der Waals surface area contributed by atoms with Crippen LogP contribution in [0.2, 0.25) is 0 Å². The molecule has 2 atom stereocenters. The molecule has 0 aliphatic rings. The van der Waals surface area contributed by atoms with Crippen molar-refractivity contribution in [3.63, 3.8) is 0 Å². The maximum atomic E-state index is 10.1. The molecule has 0 bridgehead atoms. The third-order valence-corrected chi connectivity index (χ3v) is 3.19. The Labute approximate surface area is 161 Å². The summed E-state index contributed by atoms with van der Waals surface area (Å²) in [6, 6.07) is -1.37. The Bertz CT molecular complexity index is 241. The van der Waals surface area contributed by atoms with E-state index in [2.05, 4.69) is 12.5 Å². The summed E-state index contributed by atoms with van der Waals surface area (Å²) in [7, 11) is 0. The summed E-state index contributed by atoms with van der Waals surface area (Å²) in [6.07, 6.45) is 4.95. The van der Waals surface area contributed by atoms with E-state index in [0.717, 1.165) is 11.5 Å². The van der Waals surface area contributed by atoms with Gasteiger partial charge in [0.05, 0.1) is 0 Å². The molecule has 0 aromatic carbocycles. The van der Waals surface area contributed by atoms with Gasteiger partial charge in [0.2, 0.25) is 0 Å². The molecular weight excluding hydrogens is 347 g/mol. The van der Waals surface area contributed by atoms with E-state index in [1.54, 1.807) is 23.5 Å². The quantitative estimate of drug-likeness (QED) is 0.406. The number of hydrogen-bond acceptors (Lipinski definition) is 8. The first kappa shape index (κ1) is 29.6. The monoisotopic (exact) mass is 370 g/mol. The van der Waals surface area contributed by atoms with Gasteiger partial charge in [-0.15, -0.1) is 0 Å². The van der Waals surface area contributed by atoms with E-state index in [-0.39, 0.29) is 29.6 Å². The molecule has 6 N–H and O–H groups in total. The molecule has 0 fully saturated rings. The predicted molar refractivity (Wildman–Crippen MR) is 92.5 cm³/mol. The van der Waals surface area contributed by atoms with Gasteiger partial charge in [0, 0.05) is 0 Å². The van der Waals surface area contributed by atoms with Crippen molar-refractivity contribution in [3.05, 3.63) is 0 Å². The van der Waals surface area contributed by atoms with Crippen molar-refractivity contribution in [1.29, 1.82) is 0 Å². The van der Waals surface area contributed by atoms with Crippen LogP contribution in [0.3, 0.4) is 0 Å². The number of carbonyl (C=O) groups is 2. The van der Waals surface area contributed by atoms with Crippen molar-refractivity contribution >= 4 is 77.6 Å². The Morgan fingerprint density at radius 2 is 1.19 bits per heavy atom. The zero-order valence-electron chi connectivity index (χ0n) is 11.5. The zero-order valence-corrected chi connectivity index (χ0v) is 13.9. The second-order valence-electron chi connectivity index (χ2n) is 3.45. The molecule has 7 nitrogen and oxygen atoms in total. The van der Waals surface area contributed by atoms with E-state index in [1.165, 1.54) is 0 Å². The molecule has 0 amide bonds. The maximum absolute atomic E-state index is 10.1. The fourth-order valence-corrected chi connectivity index (χ4v) is 1.72. The fourth-order valence-electron chi connectivity index (χ4n) is 0.737. The van der Waals surface area contributed by atoms with Crippen LogP contribution in [0.5, 0.6) is 0 Å². The second kappa shape index (κ2) is 22.9. The molecule has 0 aliphatic carbocycles. The van der Waals surface area contributed by atoms with E-state index in [0.29, 0.717) is 12.8 Å². The average Bonchev–Trinajstić information content (AvgIpc) is 2.44. The van der Waals surface area contributed by atoms with Crippen LogP contribution in [0.4, 0.5) is 0 Å². The molecule has 21 heavy (non-hydrogen) atoms. The topological polar surface area (TPSA) is 144 Å². The molecule has 0 aromatic rings. The minimum atomic E-state index is -0.913. The van der Waals surface area contributed by atoms with Gasteiger partial charge in [0.15, 0.2) is 12.5 Å². The summed E-state index contributed by atoms with van der Waals surface area (Å²) in [5.41, 5.74) is 10.4. The van der Waals surface area contributed by atoms with Gasteiger partial charge in [-0.25, -0.2) is 0 Å². The molecule has 0 rings (SSSR count). The normalized spacial score (nSPS) is 11.4. The summed E-state index contributed by atoms with van der Waals surface area (Å²) in [6.45, 7) is 0. The van der Waals surface area contributed by atoms with Gasteiger partial charge >= 0.3 is 41.5 Å². The van der Waals surface area contributed by atoms with Crippen molar-refractivity contribution in [1.82, 2.24) is 0 Å². The molecule has 0 aromatic heterocycles. The molecule has 122 valence electrons. The molecule has 0 saturated heterocycles. The van der Waals surface area contributed by atoms with Gasteiger partial charge in [-0.2, -0.15) is 27.7 Å². The second-order valence-corrected chi connectivity index (χ2v) is 5.42. The third-order valence-electron chi connectivity index (χ3n) is 1.90. The van der Waals surface area contributed by atoms with Crippen LogP contribution in [0.15, 0.2) is 0 Å². The molecule has 11 heteroatoms. The number of rotatable bonds is 8. The van der Waals surface area contributed by atoms with Crippen molar-refractivity contribution in [3.8, 4) is 0 Å². The number of aliphatic carboxylic acids is 2. The van der Waals surface area contributed by atoms with E-state index in [4.69, 9.17) is 25.9 Å². The van der Waals surface area contributed by atoms with Crippen LogP contribution in [-0.4, -0.2) is 92.0 Å². The fraction of sp³-hybridized carbons (Fsp3) is 0.800. The van der Waals surface area contributed by atoms with E-state index < -0.39 is 24.0 Å². The van der Waals surface area contributed by atoms with Crippen LogP contribution in [0.25, 0.3) is 0 Å². The van der Waals surface area contributed by atoms with Gasteiger partial charge in [-0.1, -0.05) is 0 Å². The van der Waals surface area contributed by atoms with Crippen molar-refractivity contribution in [2.24, 2.45) is 11.5 Å². The van der Waals surface area contributed by atoms with Crippen LogP contribution in [0, 0.1) is 0 Å². The summed E-state index contributed by atoms with van der Waals surface area (Å²) >= 11 is 6.04. The van der Waals surface area contributed by atoms with E-state index in [1.807, 2.05) is 12.5 Å². The molecule has 0 aliphatic heterocycles. The Morgan fingerprint density at radius 3 is 1.33 bits per heavy atom. The summed E-state index contributed by atoms with van der Waals surface area (Å²) < 4.78 is 7.83. The van der Waals surface area contributed by atoms with Gasteiger partial charge in [-0.05, 0) is 36.9 Å². The molecule has 0 saturated carbocycles. The van der Waals surface area contributed by atoms with Crippen LogP contribution in [0.1, 0.15) is 12.8 Å². The van der Waals surface area contributed by atoms with E-state index in [9.17, 15) is 9.59 Å². The standard InChI is InChI=1S/2C5H11NO2S.Na.OS.H/c2*1-9-3-2-4(6)5(7)8;;1-2;/h2*4H,2-3,6H2,1H3,(H,7,8);;;/t2*4-;;;/m00.../s1. The first-order chi connectivity index (χ1) is 9.36. The number of carboxylic acids is 2. The van der Waals surface area contributed by atoms with Gasteiger partial charge in [0.25, 0.3) is 0 Å². The summed E-state index contributed by atoms with van der Waals surface area (Å²) in [5.74, 6) is -0.200. The van der Waals surface area contributed by atoms with Crippen LogP contribution in [-0.2, 0) is 22.1 Å². The summed E-state index contributed by atoms with van der Waals surface area (Å²) in [5, 5.41) is 16.5. The SMILES string of the molecule is CSCC[C@H](N)C(=O)O.CSCC[C@H](N)C(=O)O.O=S.[NaH]. The molecule has 0 unspecified atom stereocenters. The zero-order chi connectivity index (χ0) is 16.6. The Hall–Kier alpha value is 0.580. The predicted octanol–water partition coefficient (Wildman–Crippen LogP) is -0.682. The van der Waals surface area contributed by atoms with Crippen molar-refractivity contribution in [2.75, 3.05) is 24.0 Å². The Morgan fingerprint density at radius 1 is 0.952 bits per heavy atom. The van der Waals surface area contributed by atoms with Gasteiger partial charge in [0.1, 0.15) is 12.1 Å². The molecular formula is C10H23N2NaO5S3. The van der Waals surface area contributed by atoms with Gasteiger partial charge < -0.3 is 21.7 Å². The summed E-state index contributed by atoms with van der Waals surface area (Å²) in [4.78, 5) is 20.1.